The van der Waals surface area contributed by atoms with Crippen LogP contribution in [-0.2, 0) is 6.42 Å². The van der Waals surface area contributed by atoms with Crippen LogP contribution in [0.2, 0.25) is 5.02 Å². The third kappa shape index (κ3) is 3.66. The Labute approximate surface area is 133 Å². The molecule has 2 aromatic rings. The molecule has 2 rings (SSSR count). The number of rotatable bonds is 4. The Morgan fingerprint density at radius 3 is 2.10 bits per heavy atom. The maximum atomic E-state index is 6.07. The molecule has 21 heavy (non-hydrogen) atoms. The standard InChI is InChI=1S/C19H24ClN/c1-12-8-13(2)18(14(3)9-12)11-19(21-5)17-7-6-16(20)10-15(17)4/h6-10,19,21H,11H2,1-5H3. The van der Waals surface area contributed by atoms with Gasteiger partial charge in [-0.1, -0.05) is 35.4 Å². The molecule has 1 atom stereocenters. The fourth-order valence-corrected chi connectivity index (χ4v) is 3.36. The highest BCUT2D eigenvalue weighted by atomic mass is 35.5. The summed E-state index contributed by atoms with van der Waals surface area (Å²) in [6, 6.07) is 11.0. The van der Waals surface area contributed by atoms with Crippen LogP contribution in [0.15, 0.2) is 30.3 Å². The average molecular weight is 302 g/mol. The Morgan fingerprint density at radius 2 is 1.57 bits per heavy atom. The molecule has 2 heteroatoms. The normalized spacial score (nSPS) is 12.5. The van der Waals surface area contributed by atoms with Crippen LogP contribution in [0, 0.1) is 27.7 Å². The second-order valence-corrected chi connectivity index (χ2v) is 6.36. The van der Waals surface area contributed by atoms with Crippen LogP contribution in [0.25, 0.3) is 0 Å². The molecule has 0 aliphatic rings. The van der Waals surface area contributed by atoms with E-state index in [-0.39, 0.29) is 0 Å². The molecule has 0 aliphatic heterocycles. The van der Waals surface area contributed by atoms with Gasteiger partial charge in [0.1, 0.15) is 0 Å². The minimum Gasteiger partial charge on any atom is -0.313 e. The van der Waals surface area contributed by atoms with Crippen LogP contribution in [0.4, 0.5) is 0 Å². The summed E-state index contributed by atoms with van der Waals surface area (Å²) in [6.45, 7) is 8.69. The van der Waals surface area contributed by atoms with Crippen molar-refractivity contribution in [2.75, 3.05) is 7.05 Å². The molecule has 0 bridgehead atoms. The second kappa shape index (κ2) is 6.64. The van der Waals surface area contributed by atoms with Gasteiger partial charge in [0, 0.05) is 11.1 Å². The predicted molar refractivity (Wildman–Crippen MR) is 92.3 cm³/mol. The highest BCUT2D eigenvalue weighted by Gasteiger charge is 2.15. The summed E-state index contributed by atoms with van der Waals surface area (Å²) in [5, 5.41) is 4.25. The lowest BCUT2D eigenvalue weighted by molar-refractivity contribution is 0.586. The van der Waals surface area contributed by atoms with Crippen molar-refractivity contribution in [1.82, 2.24) is 5.32 Å². The van der Waals surface area contributed by atoms with Crippen molar-refractivity contribution in [3.8, 4) is 0 Å². The van der Waals surface area contributed by atoms with Gasteiger partial charge in [0.2, 0.25) is 0 Å². The van der Waals surface area contributed by atoms with Crippen molar-refractivity contribution in [1.29, 1.82) is 0 Å². The van der Waals surface area contributed by atoms with E-state index in [1.165, 1.54) is 33.4 Å². The first kappa shape index (κ1) is 16.1. The minimum atomic E-state index is 0.308. The smallest absolute Gasteiger partial charge is 0.0408 e. The molecule has 0 fully saturated rings. The van der Waals surface area contributed by atoms with Crippen LogP contribution in [-0.4, -0.2) is 7.05 Å². The van der Waals surface area contributed by atoms with E-state index in [9.17, 15) is 0 Å². The summed E-state index contributed by atoms with van der Waals surface area (Å²) in [6.07, 6.45) is 0.997. The summed E-state index contributed by atoms with van der Waals surface area (Å²) >= 11 is 6.07. The van der Waals surface area contributed by atoms with E-state index in [2.05, 4.69) is 51.2 Å². The zero-order valence-corrected chi connectivity index (χ0v) is 14.3. The Hall–Kier alpha value is -1.31. The molecule has 0 aromatic heterocycles. The first-order chi connectivity index (χ1) is 9.92. The molecule has 0 heterocycles. The van der Waals surface area contributed by atoms with E-state index in [1.807, 2.05) is 19.2 Å². The molecule has 1 N–H and O–H groups in total. The van der Waals surface area contributed by atoms with Crippen LogP contribution < -0.4 is 5.32 Å². The molecule has 1 nitrogen and oxygen atoms in total. The number of halogens is 1. The maximum absolute atomic E-state index is 6.07. The van der Waals surface area contributed by atoms with Crippen molar-refractivity contribution >= 4 is 11.6 Å². The Bertz CT molecular complexity index is 623. The van der Waals surface area contributed by atoms with Gasteiger partial charge in [-0.05, 0) is 81.1 Å². The van der Waals surface area contributed by atoms with Gasteiger partial charge in [-0.2, -0.15) is 0 Å². The van der Waals surface area contributed by atoms with E-state index in [1.54, 1.807) is 0 Å². The highest BCUT2D eigenvalue weighted by molar-refractivity contribution is 6.30. The van der Waals surface area contributed by atoms with Crippen LogP contribution in [0.3, 0.4) is 0 Å². The Morgan fingerprint density at radius 1 is 0.952 bits per heavy atom. The Kier molecular flexibility index (Phi) is 5.08. The van der Waals surface area contributed by atoms with Crippen molar-refractivity contribution in [2.45, 2.75) is 40.2 Å². The number of nitrogens with one attached hydrogen (secondary N) is 1. The number of aryl methyl sites for hydroxylation is 4. The zero-order valence-electron chi connectivity index (χ0n) is 13.5. The minimum absolute atomic E-state index is 0.308. The zero-order chi connectivity index (χ0) is 15.6. The molecule has 2 aromatic carbocycles. The monoisotopic (exact) mass is 301 g/mol. The first-order valence-corrected chi connectivity index (χ1v) is 7.80. The number of hydrogen-bond acceptors (Lipinski definition) is 1. The van der Waals surface area contributed by atoms with Crippen LogP contribution in [0.1, 0.15) is 39.4 Å². The SMILES string of the molecule is CNC(Cc1c(C)cc(C)cc1C)c1ccc(Cl)cc1C. The topological polar surface area (TPSA) is 12.0 Å². The highest BCUT2D eigenvalue weighted by Crippen LogP contribution is 2.27. The first-order valence-electron chi connectivity index (χ1n) is 7.42. The van der Waals surface area contributed by atoms with Gasteiger partial charge in [-0.25, -0.2) is 0 Å². The Balaban J connectivity index is 2.36. The number of benzene rings is 2. The summed E-state index contributed by atoms with van der Waals surface area (Å²) in [7, 11) is 2.03. The van der Waals surface area contributed by atoms with Crippen LogP contribution in [0.5, 0.6) is 0 Å². The van der Waals surface area contributed by atoms with Crippen molar-refractivity contribution in [3.05, 3.63) is 68.7 Å². The third-order valence-corrected chi connectivity index (χ3v) is 4.44. The van der Waals surface area contributed by atoms with Gasteiger partial charge < -0.3 is 5.32 Å². The maximum Gasteiger partial charge on any atom is 0.0408 e. The van der Waals surface area contributed by atoms with Gasteiger partial charge in [0.15, 0.2) is 0 Å². The van der Waals surface area contributed by atoms with E-state index in [4.69, 9.17) is 11.6 Å². The molecule has 112 valence electrons. The molecule has 0 aliphatic carbocycles. The van der Waals surface area contributed by atoms with Crippen molar-refractivity contribution < 1.29 is 0 Å². The van der Waals surface area contributed by atoms with Gasteiger partial charge in [0.25, 0.3) is 0 Å². The van der Waals surface area contributed by atoms with E-state index in [0.717, 1.165) is 11.4 Å². The van der Waals surface area contributed by atoms with Gasteiger partial charge in [-0.15, -0.1) is 0 Å². The molecule has 1 unspecified atom stereocenters. The van der Waals surface area contributed by atoms with Crippen LogP contribution >= 0.6 is 11.6 Å². The van der Waals surface area contributed by atoms with Gasteiger partial charge in [-0.3, -0.25) is 0 Å². The largest absolute Gasteiger partial charge is 0.313 e. The summed E-state index contributed by atoms with van der Waals surface area (Å²) in [5.41, 5.74) is 8.08. The third-order valence-electron chi connectivity index (χ3n) is 4.20. The summed E-state index contributed by atoms with van der Waals surface area (Å²) in [5.74, 6) is 0. The summed E-state index contributed by atoms with van der Waals surface area (Å²) in [4.78, 5) is 0. The van der Waals surface area contributed by atoms with E-state index in [0.29, 0.717) is 6.04 Å². The lowest BCUT2D eigenvalue weighted by atomic mass is 9.90. The van der Waals surface area contributed by atoms with Crippen molar-refractivity contribution in [3.63, 3.8) is 0 Å². The molecular weight excluding hydrogens is 278 g/mol. The fourth-order valence-electron chi connectivity index (χ4n) is 3.13. The quantitative estimate of drug-likeness (QED) is 0.830. The van der Waals surface area contributed by atoms with Gasteiger partial charge >= 0.3 is 0 Å². The van der Waals surface area contributed by atoms with E-state index >= 15 is 0 Å². The number of likely N-dealkylation sites (N-methyl/N-ethyl adjacent to an activating group) is 1. The lowest BCUT2D eigenvalue weighted by Gasteiger charge is -2.22. The number of hydrogen-bond donors (Lipinski definition) is 1. The molecule has 0 saturated carbocycles. The molecule has 0 amide bonds. The fraction of sp³-hybridized carbons (Fsp3) is 0.368. The molecule has 0 spiro atoms. The van der Waals surface area contributed by atoms with Gasteiger partial charge in [0.05, 0.1) is 0 Å². The predicted octanol–water partition coefficient (Wildman–Crippen LogP) is 5.08. The second-order valence-electron chi connectivity index (χ2n) is 5.92. The summed E-state index contributed by atoms with van der Waals surface area (Å²) < 4.78 is 0. The average Bonchev–Trinajstić information content (AvgIpc) is 2.39. The molecule has 0 saturated heterocycles. The van der Waals surface area contributed by atoms with E-state index < -0.39 is 0 Å². The lowest BCUT2D eigenvalue weighted by Crippen LogP contribution is -2.20. The molecular formula is C19H24ClN. The van der Waals surface area contributed by atoms with Crippen molar-refractivity contribution in [2.24, 2.45) is 0 Å². The molecule has 0 radical (unpaired) electrons.